The zero-order valence-electron chi connectivity index (χ0n) is 17.5. The summed E-state index contributed by atoms with van der Waals surface area (Å²) in [5, 5.41) is 11.3. The van der Waals surface area contributed by atoms with Gasteiger partial charge in [-0.15, -0.1) is 10.2 Å². The number of Topliss-reactive ketones (excluding diaryl/α,β-unsaturated/α-hetero) is 1. The van der Waals surface area contributed by atoms with Crippen molar-refractivity contribution in [2.75, 3.05) is 11.1 Å². The number of aromatic nitrogens is 3. The minimum atomic E-state index is -0.483. The van der Waals surface area contributed by atoms with Gasteiger partial charge in [-0.25, -0.2) is 8.78 Å². The van der Waals surface area contributed by atoms with Crippen LogP contribution in [0.5, 0.6) is 0 Å². The zero-order valence-corrected chi connectivity index (χ0v) is 18.3. The average Bonchev–Trinajstić information content (AvgIpc) is 3.22. The predicted octanol–water partition coefficient (Wildman–Crippen LogP) is 5.15. The van der Waals surface area contributed by atoms with E-state index < -0.39 is 11.6 Å². The number of carbonyl (C=O) groups is 2. The molecule has 1 heterocycles. The Bertz CT molecular complexity index is 1320. The van der Waals surface area contributed by atoms with Gasteiger partial charge in [0.25, 0.3) is 0 Å². The Balaban J connectivity index is 1.62. The van der Waals surface area contributed by atoms with Crippen LogP contribution in [0.25, 0.3) is 17.1 Å². The van der Waals surface area contributed by atoms with Gasteiger partial charge in [0.15, 0.2) is 16.8 Å². The molecule has 0 spiro atoms. The van der Waals surface area contributed by atoms with E-state index in [1.54, 1.807) is 47.0 Å². The molecule has 0 aliphatic rings. The topological polar surface area (TPSA) is 76.9 Å². The third-order valence-electron chi connectivity index (χ3n) is 4.75. The summed E-state index contributed by atoms with van der Waals surface area (Å²) < 4.78 is 29.5. The molecule has 9 heteroatoms. The smallest absolute Gasteiger partial charge is 0.234 e. The molecule has 0 saturated carbocycles. The van der Waals surface area contributed by atoms with Crippen LogP contribution in [0.3, 0.4) is 0 Å². The van der Waals surface area contributed by atoms with E-state index in [-0.39, 0.29) is 28.8 Å². The minimum Gasteiger partial charge on any atom is -0.325 e. The Morgan fingerprint density at radius 3 is 2.36 bits per heavy atom. The molecule has 0 unspecified atom stereocenters. The Morgan fingerprint density at radius 1 is 0.939 bits per heavy atom. The van der Waals surface area contributed by atoms with Crippen LogP contribution >= 0.6 is 11.8 Å². The second-order valence-electron chi connectivity index (χ2n) is 7.04. The van der Waals surface area contributed by atoms with Gasteiger partial charge in [-0.1, -0.05) is 36.0 Å². The van der Waals surface area contributed by atoms with Crippen molar-refractivity contribution in [3.63, 3.8) is 0 Å². The van der Waals surface area contributed by atoms with Crippen molar-refractivity contribution < 1.29 is 18.4 Å². The van der Waals surface area contributed by atoms with E-state index >= 15 is 0 Å². The summed E-state index contributed by atoms with van der Waals surface area (Å²) in [6.07, 6.45) is 0. The average molecular weight is 464 g/mol. The highest BCUT2D eigenvalue weighted by atomic mass is 32.2. The Kier molecular flexibility index (Phi) is 6.60. The van der Waals surface area contributed by atoms with Crippen LogP contribution in [-0.4, -0.2) is 32.2 Å². The number of hydrogen-bond donors (Lipinski definition) is 1. The lowest BCUT2D eigenvalue weighted by Gasteiger charge is -2.11. The van der Waals surface area contributed by atoms with Crippen LogP contribution in [0, 0.1) is 11.6 Å². The molecule has 1 N–H and O–H groups in total. The largest absolute Gasteiger partial charge is 0.325 e. The van der Waals surface area contributed by atoms with Gasteiger partial charge in [0.05, 0.1) is 17.0 Å². The number of amides is 1. The fourth-order valence-corrected chi connectivity index (χ4v) is 3.97. The molecule has 6 nitrogen and oxygen atoms in total. The number of benzene rings is 3. The SMILES string of the molecule is CC(=O)c1ccccc1NC(=O)CSc1nnc(-c2ccccc2F)n1-c1ccc(F)cc1. The van der Waals surface area contributed by atoms with Gasteiger partial charge in [-0.3, -0.25) is 14.2 Å². The van der Waals surface area contributed by atoms with Gasteiger partial charge < -0.3 is 5.32 Å². The number of anilines is 1. The van der Waals surface area contributed by atoms with E-state index in [9.17, 15) is 18.4 Å². The maximum absolute atomic E-state index is 14.5. The molecule has 166 valence electrons. The lowest BCUT2D eigenvalue weighted by Crippen LogP contribution is -2.16. The number of thioether (sulfide) groups is 1. The molecular weight excluding hydrogens is 446 g/mol. The first-order chi connectivity index (χ1) is 15.9. The summed E-state index contributed by atoms with van der Waals surface area (Å²) in [4.78, 5) is 24.4. The van der Waals surface area contributed by atoms with E-state index in [0.29, 0.717) is 22.1 Å². The lowest BCUT2D eigenvalue weighted by atomic mass is 10.1. The van der Waals surface area contributed by atoms with E-state index in [2.05, 4.69) is 15.5 Å². The first-order valence-corrected chi connectivity index (χ1v) is 10.9. The summed E-state index contributed by atoms with van der Waals surface area (Å²) in [6, 6.07) is 18.5. The third kappa shape index (κ3) is 4.98. The molecule has 4 rings (SSSR count). The number of nitrogens with one attached hydrogen (secondary N) is 1. The molecule has 33 heavy (non-hydrogen) atoms. The Labute approximate surface area is 192 Å². The molecule has 1 amide bonds. The van der Waals surface area contributed by atoms with Gasteiger partial charge in [-0.2, -0.15) is 0 Å². The van der Waals surface area contributed by atoms with Crippen molar-refractivity contribution in [2.45, 2.75) is 12.1 Å². The number of para-hydroxylation sites is 1. The molecular formula is C24H18F2N4O2S. The second-order valence-corrected chi connectivity index (χ2v) is 7.98. The fourth-order valence-electron chi connectivity index (χ4n) is 3.22. The van der Waals surface area contributed by atoms with Crippen LogP contribution in [0.2, 0.25) is 0 Å². The standard InChI is InChI=1S/C24H18F2N4O2S/c1-15(31)18-6-3-5-9-21(18)27-22(32)14-33-24-29-28-23(19-7-2-4-8-20(19)26)30(24)17-12-10-16(25)11-13-17/h2-13H,14H2,1H3,(H,27,32). The number of rotatable bonds is 7. The molecule has 0 saturated heterocycles. The number of carbonyl (C=O) groups excluding carboxylic acids is 2. The van der Waals surface area contributed by atoms with Crippen molar-refractivity contribution in [3.8, 4) is 17.1 Å². The summed E-state index contributed by atoms with van der Waals surface area (Å²) in [5.41, 5.74) is 1.57. The predicted molar refractivity (Wildman–Crippen MR) is 123 cm³/mol. The molecule has 0 radical (unpaired) electrons. The number of halogens is 2. The molecule has 0 bridgehead atoms. The first kappa shape index (κ1) is 22.3. The Morgan fingerprint density at radius 2 is 1.64 bits per heavy atom. The molecule has 0 aliphatic carbocycles. The molecule has 0 aliphatic heterocycles. The molecule has 3 aromatic carbocycles. The van der Waals surface area contributed by atoms with Gasteiger partial charge in [0.2, 0.25) is 5.91 Å². The van der Waals surface area contributed by atoms with Crippen molar-refractivity contribution in [1.29, 1.82) is 0 Å². The van der Waals surface area contributed by atoms with Crippen LogP contribution in [0.1, 0.15) is 17.3 Å². The highest BCUT2D eigenvalue weighted by Gasteiger charge is 2.20. The molecule has 1 aromatic heterocycles. The van der Waals surface area contributed by atoms with E-state index in [4.69, 9.17) is 0 Å². The van der Waals surface area contributed by atoms with E-state index in [1.807, 2.05) is 0 Å². The number of ketones is 1. The first-order valence-electron chi connectivity index (χ1n) is 9.93. The van der Waals surface area contributed by atoms with E-state index in [1.165, 1.54) is 37.3 Å². The summed E-state index contributed by atoms with van der Waals surface area (Å²) >= 11 is 1.09. The van der Waals surface area contributed by atoms with Gasteiger partial charge in [0.1, 0.15) is 11.6 Å². The van der Waals surface area contributed by atoms with Crippen LogP contribution in [0.4, 0.5) is 14.5 Å². The van der Waals surface area contributed by atoms with Crippen molar-refractivity contribution in [2.24, 2.45) is 0 Å². The maximum Gasteiger partial charge on any atom is 0.234 e. The highest BCUT2D eigenvalue weighted by Crippen LogP contribution is 2.29. The van der Waals surface area contributed by atoms with E-state index in [0.717, 1.165) is 11.8 Å². The fraction of sp³-hybridized carbons (Fsp3) is 0.0833. The minimum absolute atomic E-state index is 0.0389. The molecule has 4 aromatic rings. The summed E-state index contributed by atoms with van der Waals surface area (Å²) in [5.74, 6) is -1.23. The van der Waals surface area contributed by atoms with Crippen molar-refractivity contribution >= 4 is 29.1 Å². The normalized spacial score (nSPS) is 10.8. The summed E-state index contributed by atoms with van der Waals surface area (Å²) in [6.45, 7) is 1.43. The number of nitrogens with zero attached hydrogens (tertiary/aromatic N) is 3. The maximum atomic E-state index is 14.5. The quantitative estimate of drug-likeness (QED) is 0.303. The monoisotopic (exact) mass is 464 g/mol. The molecule has 0 atom stereocenters. The zero-order chi connectivity index (χ0) is 23.4. The van der Waals surface area contributed by atoms with Crippen LogP contribution in [0.15, 0.2) is 78.0 Å². The Hall–Kier alpha value is -3.85. The highest BCUT2D eigenvalue weighted by molar-refractivity contribution is 7.99. The number of hydrogen-bond acceptors (Lipinski definition) is 5. The van der Waals surface area contributed by atoms with Crippen LogP contribution in [-0.2, 0) is 4.79 Å². The van der Waals surface area contributed by atoms with Gasteiger partial charge >= 0.3 is 0 Å². The van der Waals surface area contributed by atoms with Crippen molar-refractivity contribution in [1.82, 2.24) is 14.8 Å². The summed E-state index contributed by atoms with van der Waals surface area (Å²) in [7, 11) is 0. The van der Waals surface area contributed by atoms with Crippen LogP contribution < -0.4 is 5.32 Å². The van der Waals surface area contributed by atoms with Gasteiger partial charge in [0, 0.05) is 11.3 Å². The van der Waals surface area contributed by atoms with Crippen molar-refractivity contribution in [3.05, 3.63) is 90.0 Å². The molecule has 0 fully saturated rings. The lowest BCUT2D eigenvalue weighted by molar-refractivity contribution is -0.113. The third-order valence-corrected chi connectivity index (χ3v) is 5.67. The van der Waals surface area contributed by atoms with Gasteiger partial charge in [-0.05, 0) is 55.5 Å². The second kappa shape index (κ2) is 9.74.